The zero-order chi connectivity index (χ0) is 21.2. The smallest absolute Gasteiger partial charge is 0.406 e. The van der Waals surface area contributed by atoms with Gasteiger partial charge in [-0.05, 0) is 42.6 Å². The van der Waals surface area contributed by atoms with Crippen molar-refractivity contribution in [2.24, 2.45) is 7.05 Å². The molecule has 0 aliphatic heterocycles. The van der Waals surface area contributed by atoms with Crippen molar-refractivity contribution >= 4 is 21.4 Å². The highest BCUT2D eigenvalue weighted by Gasteiger charge is 2.31. The van der Waals surface area contributed by atoms with Crippen molar-refractivity contribution in [3.05, 3.63) is 42.5 Å². The molecule has 0 fully saturated rings. The predicted octanol–water partition coefficient (Wildman–Crippen LogP) is 2.43. The van der Waals surface area contributed by atoms with Crippen LogP contribution in [0.1, 0.15) is 0 Å². The van der Waals surface area contributed by atoms with Gasteiger partial charge in [0.2, 0.25) is 15.8 Å². The summed E-state index contributed by atoms with van der Waals surface area (Å²) < 4.78 is 67.7. The molecular formula is C16H15F3N6O3S. The largest absolute Gasteiger partial charge is 0.573 e. The molecule has 3 rings (SSSR count). The lowest BCUT2D eigenvalue weighted by atomic mass is 10.1. The maximum Gasteiger partial charge on any atom is 0.573 e. The number of benzene rings is 2. The van der Waals surface area contributed by atoms with Gasteiger partial charge in [-0.25, -0.2) is 13.1 Å². The van der Waals surface area contributed by atoms with Crippen LogP contribution in [-0.4, -0.2) is 42.0 Å². The third kappa shape index (κ3) is 5.00. The molecule has 0 unspecified atom stereocenters. The fourth-order valence-corrected chi connectivity index (χ4v) is 3.18. The van der Waals surface area contributed by atoms with Gasteiger partial charge in [0.1, 0.15) is 5.75 Å². The average molecular weight is 428 g/mol. The molecule has 154 valence electrons. The summed E-state index contributed by atoms with van der Waals surface area (Å²) in [5, 5.41) is 14.6. The van der Waals surface area contributed by atoms with Crippen LogP contribution in [0.3, 0.4) is 0 Å². The van der Waals surface area contributed by atoms with Crippen molar-refractivity contribution in [3.8, 4) is 17.1 Å². The normalized spacial score (nSPS) is 12.0. The van der Waals surface area contributed by atoms with Crippen LogP contribution in [0.15, 0.2) is 47.4 Å². The highest BCUT2D eigenvalue weighted by Crippen LogP contribution is 2.32. The highest BCUT2D eigenvalue weighted by atomic mass is 32.2. The van der Waals surface area contributed by atoms with Crippen LogP contribution in [0, 0.1) is 0 Å². The summed E-state index contributed by atoms with van der Waals surface area (Å²) in [6.45, 7) is 0. The maximum absolute atomic E-state index is 12.4. The van der Waals surface area contributed by atoms with Gasteiger partial charge in [-0.1, -0.05) is 6.07 Å². The van der Waals surface area contributed by atoms with Gasteiger partial charge >= 0.3 is 6.36 Å². The van der Waals surface area contributed by atoms with Crippen molar-refractivity contribution in [2.45, 2.75) is 11.3 Å². The van der Waals surface area contributed by atoms with Crippen LogP contribution in [0.4, 0.5) is 24.5 Å². The Morgan fingerprint density at radius 2 is 1.90 bits per heavy atom. The standard InChI is InChI=1S/C16H15F3N6O3S/c1-20-29(26,27)12-6-7-14(13(9-12)15-22-24-25(2)23-15)21-10-4-3-5-11(8-10)28-16(17,18)19/h3-9,20-21H,1-2H3. The molecule has 0 aliphatic carbocycles. The molecule has 0 amide bonds. The van der Waals surface area contributed by atoms with Crippen molar-refractivity contribution in [1.82, 2.24) is 24.9 Å². The Kier molecular flexibility index (Phi) is 5.44. The molecule has 1 aromatic heterocycles. The second kappa shape index (κ2) is 7.67. The van der Waals surface area contributed by atoms with Gasteiger partial charge < -0.3 is 10.1 Å². The first-order valence-electron chi connectivity index (χ1n) is 8.02. The third-order valence-corrected chi connectivity index (χ3v) is 5.08. The van der Waals surface area contributed by atoms with Crippen LogP contribution in [0.25, 0.3) is 11.4 Å². The zero-order valence-electron chi connectivity index (χ0n) is 15.1. The average Bonchev–Trinajstić information content (AvgIpc) is 3.07. The van der Waals surface area contributed by atoms with Crippen molar-refractivity contribution in [2.75, 3.05) is 12.4 Å². The molecule has 0 saturated carbocycles. The Bertz CT molecular complexity index is 1130. The Morgan fingerprint density at radius 3 is 2.52 bits per heavy atom. The molecule has 2 aromatic carbocycles. The van der Waals surface area contributed by atoms with E-state index in [1.54, 1.807) is 0 Å². The first kappa shape index (κ1) is 20.5. The van der Waals surface area contributed by atoms with E-state index in [2.05, 4.69) is 30.2 Å². The minimum atomic E-state index is -4.82. The number of tetrazole rings is 1. The lowest BCUT2D eigenvalue weighted by molar-refractivity contribution is -0.274. The molecule has 13 heteroatoms. The molecule has 0 radical (unpaired) electrons. The van der Waals surface area contributed by atoms with E-state index in [1.807, 2.05) is 0 Å². The van der Waals surface area contributed by atoms with Crippen LogP contribution in [0.5, 0.6) is 5.75 Å². The summed E-state index contributed by atoms with van der Waals surface area (Å²) >= 11 is 0. The van der Waals surface area contributed by atoms with Gasteiger partial charge in [0.25, 0.3) is 0 Å². The van der Waals surface area contributed by atoms with Crippen LogP contribution in [-0.2, 0) is 17.1 Å². The molecule has 2 N–H and O–H groups in total. The maximum atomic E-state index is 12.4. The number of nitrogens with zero attached hydrogens (tertiary/aromatic N) is 4. The van der Waals surface area contributed by atoms with Crippen molar-refractivity contribution in [1.29, 1.82) is 0 Å². The summed E-state index contributed by atoms with van der Waals surface area (Å²) in [7, 11) is -0.935. The van der Waals surface area contributed by atoms with E-state index < -0.39 is 22.1 Å². The molecule has 9 nitrogen and oxygen atoms in total. The Hall–Kier alpha value is -3.19. The van der Waals surface area contributed by atoms with Crippen molar-refractivity contribution < 1.29 is 26.3 Å². The molecule has 3 aromatic rings. The van der Waals surface area contributed by atoms with Gasteiger partial charge in [0.15, 0.2) is 0 Å². The number of aromatic nitrogens is 4. The lowest BCUT2D eigenvalue weighted by Gasteiger charge is -2.14. The molecule has 0 bridgehead atoms. The molecule has 1 heterocycles. The van der Waals surface area contributed by atoms with E-state index in [0.29, 0.717) is 5.69 Å². The Balaban J connectivity index is 2.02. The SMILES string of the molecule is CNS(=O)(=O)c1ccc(Nc2cccc(OC(F)(F)F)c2)c(-c2nnn(C)n2)c1. The van der Waals surface area contributed by atoms with E-state index in [1.165, 1.54) is 49.2 Å². The number of sulfonamides is 1. The molecule has 0 saturated heterocycles. The molecule has 0 atom stereocenters. The molecule has 0 aliphatic rings. The first-order chi connectivity index (χ1) is 13.6. The fraction of sp³-hybridized carbons (Fsp3) is 0.188. The summed E-state index contributed by atoms with van der Waals surface area (Å²) in [6, 6.07) is 9.34. The molecular weight excluding hydrogens is 413 g/mol. The van der Waals surface area contributed by atoms with Gasteiger partial charge in [0.05, 0.1) is 11.9 Å². The minimum Gasteiger partial charge on any atom is -0.406 e. The highest BCUT2D eigenvalue weighted by molar-refractivity contribution is 7.89. The number of hydrogen-bond acceptors (Lipinski definition) is 7. The lowest BCUT2D eigenvalue weighted by Crippen LogP contribution is -2.18. The van der Waals surface area contributed by atoms with E-state index in [4.69, 9.17) is 0 Å². The number of halogens is 3. The Labute approximate surface area is 163 Å². The van der Waals surface area contributed by atoms with E-state index in [-0.39, 0.29) is 22.0 Å². The number of nitrogens with one attached hydrogen (secondary N) is 2. The second-order valence-corrected chi connectivity index (χ2v) is 7.60. The number of ether oxygens (including phenoxy) is 1. The van der Waals surface area contributed by atoms with Gasteiger partial charge in [-0.15, -0.1) is 23.4 Å². The van der Waals surface area contributed by atoms with Crippen LogP contribution < -0.4 is 14.8 Å². The monoisotopic (exact) mass is 428 g/mol. The number of anilines is 2. The van der Waals surface area contributed by atoms with Gasteiger partial charge in [0, 0.05) is 23.0 Å². The van der Waals surface area contributed by atoms with E-state index in [9.17, 15) is 21.6 Å². The third-order valence-electron chi connectivity index (χ3n) is 3.67. The first-order valence-corrected chi connectivity index (χ1v) is 9.50. The fourth-order valence-electron chi connectivity index (χ4n) is 2.42. The minimum absolute atomic E-state index is 0.0397. The van der Waals surface area contributed by atoms with Gasteiger partial charge in [-0.2, -0.15) is 4.80 Å². The topological polar surface area (TPSA) is 111 Å². The quantitative estimate of drug-likeness (QED) is 0.620. The summed E-state index contributed by atoms with van der Waals surface area (Å²) in [5.41, 5.74) is 0.926. The van der Waals surface area contributed by atoms with E-state index >= 15 is 0 Å². The summed E-state index contributed by atoms with van der Waals surface area (Å²) in [6.07, 6.45) is -4.82. The van der Waals surface area contributed by atoms with Crippen LogP contribution in [0.2, 0.25) is 0 Å². The molecule has 0 spiro atoms. The molecule has 29 heavy (non-hydrogen) atoms. The zero-order valence-corrected chi connectivity index (χ0v) is 15.9. The van der Waals surface area contributed by atoms with Gasteiger partial charge in [-0.3, -0.25) is 0 Å². The number of hydrogen-bond donors (Lipinski definition) is 2. The Morgan fingerprint density at radius 1 is 1.14 bits per heavy atom. The van der Waals surface area contributed by atoms with E-state index in [0.717, 1.165) is 12.1 Å². The second-order valence-electron chi connectivity index (χ2n) is 5.72. The number of aryl methyl sites for hydroxylation is 1. The number of alkyl halides is 3. The summed E-state index contributed by atoms with van der Waals surface area (Å²) in [5.74, 6) is -0.276. The summed E-state index contributed by atoms with van der Waals surface area (Å²) in [4.78, 5) is 1.15. The predicted molar refractivity (Wildman–Crippen MR) is 96.9 cm³/mol. The number of rotatable bonds is 6. The van der Waals surface area contributed by atoms with Crippen molar-refractivity contribution in [3.63, 3.8) is 0 Å². The van der Waals surface area contributed by atoms with Crippen LogP contribution >= 0.6 is 0 Å².